The maximum Gasteiger partial charge on any atom is 0.0593 e. The van der Waals surface area contributed by atoms with E-state index in [1.165, 1.54) is 6.42 Å². The molecule has 0 aromatic heterocycles. The van der Waals surface area contributed by atoms with Crippen LogP contribution in [0.5, 0.6) is 0 Å². The highest BCUT2D eigenvalue weighted by molar-refractivity contribution is 4.59. The van der Waals surface area contributed by atoms with Gasteiger partial charge in [-0.3, -0.25) is 0 Å². The van der Waals surface area contributed by atoms with E-state index in [4.69, 9.17) is 4.74 Å². The zero-order valence-corrected chi connectivity index (χ0v) is 8.97. The van der Waals surface area contributed by atoms with Gasteiger partial charge in [0.2, 0.25) is 0 Å². The molecule has 2 nitrogen and oxygen atoms in total. The van der Waals surface area contributed by atoms with Gasteiger partial charge in [-0.25, -0.2) is 0 Å². The summed E-state index contributed by atoms with van der Waals surface area (Å²) in [4.78, 5) is 2.34. The van der Waals surface area contributed by atoms with E-state index in [0.717, 1.165) is 26.2 Å². The van der Waals surface area contributed by atoms with Gasteiger partial charge in [0, 0.05) is 19.2 Å². The van der Waals surface area contributed by atoms with Crippen molar-refractivity contribution >= 4 is 0 Å². The lowest BCUT2D eigenvalue weighted by Crippen LogP contribution is -2.31. The van der Waals surface area contributed by atoms with Crippen LogP contribution in [-0.2, 0) is 4.74 Å². The molecule has 0 rings (SSSR count). The summed E-state index contributed by atoms with van der Waals surface area (Å²) in [6.45, 7) is 9.42. The van der Waals surface area contributed by atoms with Crippen LogP contribution in [0.25, 0.3) is 0 Å². The Hall–Kier alpha value is -0.0800. The van der Waals surface area contributed by atoms with Crippen molar-refractivity contribution in [2.75, 3.05) is 26.8 Å². The van der Waals surface area contributed by atoms with E-state index in [-0.39, 0.29) is 0 Å². The minimum atomic E-state index is 0.676. The first kappa shape index (κ1) is 11.9. The fraction of sp³-hybridized carbons (Fsp3) is 1.00. The number of ether oxygens (including phenoxy) is 1. The van der Waals surface area contributed by atoms with E-state index in [9.17, 15) is 0 Å². The van der Waals surface area contributed by atoms with Gasteiger partial charge in [-0.2, -0.15) is 0 Å². The summed E-state index contributed by atoms with van der Waals surface area (Å²) in [6.07, 6.45) is 2.33. The smallest absolute Gasteiger partial charge is 0.0593 e. The molecule has 0 aromatic carbocycles. The molecule has 0 aliphatic carbocycles. The SMILES string of the molecule is CCCOCCN(C)C(C)CC. The third-order valence-corrected chi connectivity index (χ3v) is 2.28. The Morgan fingerprint density at radius 1 is 1.25 bits per heavy atom. The first-order valence-electron chi connectivity index (χ1n) is 5.00. The zero-order valence-electron chi connectivity index (χ0n) is 8.97. The van der Waals surface area contributed by atoms with Gasteiger partial charge < -0.3 is 9.64 Å². The van der Waals surface area contributed by atoms with E-state index < -0.39 is 0 Å². The Labute approximate surface area is 76.9 Å². The summed E-state index contributed by atoms with van der Waals surface area (Å²) in [5, 5.41) is 0. The van der Waals surface area contributed by atoms with Crippen LogP contribution < -0.4 is 0 Å². The molecule has 1 unspecified atom stereocenters. The first-order valence-corrected chi connectivity index (χ1v) is 5.00. The average Bonchev–Trinajstić information content (AvgIpc) is 2.10. The second-order valence-corrected chi connectivity index (χ2v) is 3.35. The fourth-order valence-electron chi connectivity index (χ4n) is 0.987. The summed E-state index contributed by atoms with van der Waals surface area (Å²) in [7, 11) is 2.16. The van der Waals surface area contributed by atoms with E-state index in [2.05, 4.69) is 32.7 Å². The van der Waals surface area contributed by atoms with Gasteiger partial charge >= 0.3 is 0 Å². The predicted molar refractivity (Wildman–Crippen MR) is 53.5 cm³/mol. The Balaban J connectivity index is 3.24. The summed E-state index contributed by atoms with van der Waals surface area (Å²) in [5.41, 5.74) is 0. The topological polar surface area (TPSA) is 12.5 Å². The van der Waals surface area contributed by atoms with Crippen LogP contribution >= 0.6 is 0 Å². The molecule has 0 amide bonds. The van der Waals surface area contributed by atoms with Crippen LogP contribution in [-0.4, -0.2) is 37.7 Å². The molecular weight excluding hydrogens is 150 g/mol. The van der Waals surface area contributed by atoms with Crippen molar-refractivity contribution in [1.82, 2.24) is 4.90 Å². The van der Waals surface area contributed by atoms with Crippen LogP contribution in [0, 0.1) is 0 Å². The minimum Gasteiger partial charge on any atom is -0.380 e. The fourth-order valence-corrected chi connectivity index (χ4v) is 0.987. The Morgan fingerprint density at radius 2 is 1.92 bits per heavy atom. The van der Waals surface area contributed by atoms with Crippen molar-refractivity contribution in [3.8, 4) is 0 Å². The molecule has 0 heterocycles. The standard InChI is InChI=1S/C10H23NO/c1-5-8-12-9-7-11(4)10(3)6-2/h10H,5-9H2,1-4H3. The van der Waals surface area contributed by atoms with E-state index >= 15 is 0 Å². The molecule has 0 radical (unpaired) electrons. The maximum atomic E-state index is 5.41. The summed E-state index contributed by atoms with van der Waals surface area (Å²) in [5.74, 6) is 0. The molecule has 0 bridgehead atoms. The molecule has 0 saturated heterocycles. The molecule has 2 heteroatoms. The zero-order chi connectivity index (χ0) is 9.40. The average molecular weight is 173 g/mol. The van der Waals surface area contributed by atoms with E-state index in [1.54, 1.807) is 0 Å². The largest absolute Gasteiger partial charge is 0.380 e. The Kier molecular flexibility index (Phi) is 7.51. The van der Waals surface area contributed by atoms with Crippen molar-refractivity contribution < 1.29 is 4.74 Å². The van der Waals surface area contributed by atoms with Gasteiger partial charge in [-0.05, 0) is 26.8 Å². The van der Waals surface area contributed by atoms with E-state index in [0.29, 0.717) is 6.04 Å². The minimum absolute atomic E-state index is 0.676. The molecule has 0 aliphatic rings. The second kappa shape index (κ2) is 7.56. The van der Waals surface area contributed by atoms with Crippen molar-refractivity contribution in [2.24, 2.45) is 0 Å². The molecule has 1 atom stereocenters. The lowest BCUT2D eigenvalue weighted by Gasteiger charge is -2.23. The maximum absolute atomic E-state index is 5.41. The lowest BCUT2D eigenvalue weighted by molar-refractivity contribution is 0.101. The second-order valence-electron chi connectivity index (χ2n) is 3.35. The Morgan fingerprint density at radius 3 is 2.42 bits per heavy atom. The van der Waals surface area contributed by atoms with Crippen molar-refractivity contribution in [1.29, 1.82) is 0 Å². The highest BCUT2D eigenvalue weighted by Gasteiger charge is 2.04. The van der Waals surface area contributed by atoms with Crippen LogP contribution in [0.4, 0.5) is 0 Å². The number of nitrogens with zero attached hydrogens (tertiary/aromatic N) is 1. The lowest BCUT2D eigenvalue weighted by atomic mass is 10.2. The number of hydrogen-bond donors (Lipinski definition) is 0. The molecule has 12 heavy (non-hydrogen) atoms. The van der Waals surface area contributed by atoms with Gasteiger partial charge in [-0.15, -0.1) is 0 Å². The first-order chi connectivity index (χ1) is 5.72. The van der Waals surface area contributed by atoms with Crippen molar-refractivity contribution in [3.05, 3.63) is 0 Å². The summed E-state index contributed by atoms with van der Waals surface area (Å²) < 4.78 is 5.41. The molecular formula is C10H23NO. The van der Waals surface area contributed by atoms with Crippen LogP contribution in [0.2, 0.25) is 0 Å². The van der Waals surface area contributed by atoms with Crippen LogP contribution in [0.3, 0.4) is 0 Å². The summed E-state index contributed by atoms with van der Waals surface area (Å²) >= 11 is 0. The van der Waals surface area contributed by atoms with E-state index in [1.807, 2.05) is 0 Å². The molecule has 74 valence electrons. The monoisotopic (exact) mass is 173 g/mol. The number of likely N-dealkylation sites (N-methyl/N-ethyl adjacent to an activating group) is 1. The Bertz CT molecular complexity index is 95.8. The van der Waals surface area contributed by atoms with Crippen LogP contribution in [0.1, 0.15) is 33.6 Å². The van der Waals surface area contributed by atoms with Crippen molar-refractivity contribution in [2.45, 2.75) is 39.7 Å². The molecule has 0 N–H and O–H groups in total. The molecule has 0 aliphatic heterocycles. The quantitative estimate of drug-likeness (QED) is 0.547. The van der Waals surface area contributed by atoms with Gasteiger partial charge in [0.1, 0.15) is 0 Å². The van der Waals surface area contributed by atoms with Crippen LogP contribution in [0.15, 0.2) is 0 Å². The van der Waals surface area contributed by atoms with Crippen molar-refractivity contribution in [3.63, 3.8) is 0 Å². The third-order valence-electron chi connectivity index (χ3n) is 2.28. The van der Waals surface area contributed by atoms with Gasteiger partial charge in [0.15, 0.2) is 0 Å². The number of rotatable bonds is 7. The summed E-state index contributed by atoms with van der Waals surface area (Å²) in [6, 6.07) is 0.676. The molecule has 0 saturated carbocycles. The predicted octanol–water partition coefficient (Wildman–Crippen LogP) is 2.14. The normalized spacial score (nSPS) is 13.8. The number of hydrogen-bond acceptors (Lipinski definition) is 2. The molecule has 0 aromatic rings. The molecule has 0 fully saturated rings. The van der Waals surface area contributed by atoms with Gasteiger partial charge in [0.05, 0.1) is 6.61 Å². The van der Waals surface area contributed by atoms with Gasteiger partial charge in [-0.1, -0.05) is 13.8 Å². The highest BCUT2D eigenvalue weighted by Crippen LogP contribution is 1.98. The highest BCUT2D eigenvalue weighted by atomic mass is 16.5. The third kappa shape index (κ3) is 5.56. The molecule has 0 spiro atoms. The van der Waals surface area contributed by atoms with Gasteiger partial charge in [0.25, 0.3) is 0 Å².